The highest BCUT2D eigenvalue weighted by atomic mass is 16.5. The molecule has 1 amide bonds. The number of hydrogen-bond acceptors (Lipinski definition) is 4. The first kappa shape index (κ1) is 22.9. The number of carbonyl (C=O) groups is 2. The number of benzene rings is 3. The summed E-state index contributed by atoms with van der Waals surface area (Å²) >= 11 is 0. The van der Waals surface area contributed by atoms with Gasteiger partial charge in [0.2, 0.25) is 0 Å². The fourth-order valence-electron chi connectivity index (χ4n) is 3.71. The largest absolute Gasteiger partial charge is 0.489 e. The first-order valence-corrected chi connectivity index (χ1v) is 10.9. The van der Waals surface area contributed by atoms with Gasteiger partial charge in [-0.05, 0) is 41.5 Å². The molecule has 0 bridgehead atoms. The molecule has 4 rings (SSSR count). The van der Waals surface area contributed by atoms with Crippen molar-refractivity contribution in [2.75, 3.05) is 7.05 Å². The quantitative estimate of drug-likeness (QED) is 0.364. The second-order valence-corrected chi connectivity index (χ2v) is 8.00. The number of para-hydroxylation sites is 1. The van der Waals surface area contributed by atoms with E-state index in [1.807, 2.05) is 66.7 Å². The standard InChI is InChI=1S/C28H25NO5/c1-29(28(32)23-13-11-22(12-14-23)25-10-5-15-33-25)18-24-8-2-3-9-26(24)34-19-21-7-4-6-20(16-21)17-27(30)31/h2-16H,17-19H2,1H3,(H,30,31). The number of amides is 1. The lowest BCUT2D eigenvalue weighted by atomic mass is 10.1. The van der Waals surface area contributed by atoms with Crippen molar-refractivity contribution in [1.82, 2.24) is 4.90 Å². The smallest absolute Gasteiger partial charge is 0.307 e. The van der Waals surface area contributed by atoms with Gasteiger partial charge in [-0.2, -0.15) is 0 Å². The highest BCUT2D eigenvalue weighted by Crippen LogP contribution is 2.23. The number of carbonyl (C=O) groups excluding carboxylic acids is 1. The minimum Gasteiger partial charge on any atom is -0.489 e. The molecule has 0 saturated heterocycles. The van der Waals surface area contributed by atoms with E-state index in [0.29, 0.717) is 24.5 Å². The highest BCUT2D eigenvalue weighted by Gasteiger charge is 2.15. The number of ether oxygens (including phenoxy) is 1. The molecule has 0 radical (unpaired) electrons. The van der Waals surface area contributed by atoms with Crippen molar-refractivity contribution in [3.05, 3.63) is 113 Å². The zero-order chi connectivity index (χ0) is 23.9. The van der Waals surface area contributed by atoms with E-state index in [1.54, 1.807) is 36.4 Å². The maximum Gasteiger partial charge on any atom is 0.307 e. The van der Waals surface area contributed by atoms with Crippen LogP contribution in [0.25, 0.3) is 11.3 Å². The Labute approximate surface area is 198 Å². The van der Waals surface area contributed by atoms with Crippen molar-refractivity contribution in [2.45, 2.75) is 19.6 Å². The van der Waals surface area contributed by atoms with Crippen molar-refractivity contribution in [1.29, 1.82) is 0 Å². The molecule has 0 aliphatic heterocycles. The predicted octanol–water partition coefficient (Wildman–Crippen LogP) is 5.42. The molecule has 34 heavy (non-hydrogen) atoms. The minimum absolute atomic E-state index is 0.0280. The summed E-state index contributed by atoms with van der Waals surface area (Å²) in [6, 6.07) is 26.0. The van der Waals surface area contributed by atoms with Crippen LogP contribution in [0.15, 0.2) is 95.6 Å². The molecule has 1 N–H and O–H groups in total. The third-order valence-electron chi connectivity index (χ3n) is 5.41. The number of carboxylic acids is 1. The molecule has 0 aliphatic rings. The fraction of sp³-hybridized carbons (Fsp3) is 0.143. The maximum atomic E-state index is 13.0. The summed E-state index contributed by atoms with van der Waals surface area (Å²) in [6.07, 6.45) is 1.59. The maximum absolute atomic E-state index is 13.0. The summed E-state index contributed by atoms with van der Waals surface area (Å²) in [6.45, 7) is 0.685. The van der Waals surface area contributed by atoms with Gasteiger partial charge in [-0.15, -0.1) is 0 Å². The van der Waals surface area contributed by atoms with Crippen LogP contribution in [0.2, 0.25) is 0 Å². The van der Waals surface area contributed by atoms with E-state index in [4.69, 9.17) is 14.3 Å². The van der Waals surface area contributed by atoms with E-state index in [2.05, 4.69) is 0 Å². The molecule has 0 saturated carbocycles. The van der Waals surface area contributed by atoms with E-state index in [1.165, 1.54) is 0 Å². The Hall–Kier alpha value is -4.32. The molecule has 4 aromatic rings. The number of furan rings is 1. The molecule has 0 unspecified atom stereocenters. The first-order valence-electron chi connectivity index (χ1n) is 10.9. The second-order valence-electron chi connectivity index (χ2n) is 8.00. The van der Waals surface area contributed by atoms with E-state index in [-0.39, 0.29) is 12.3 Å². The molecule has 0 fully saturated rings. The number of hydrogen-bond donors (Lipinski definition) is 1. The van der Waals surface area contributed by atoms with E-state index < -0.39 is 5.97 Å². The minimum atomic E-state index is -0.869. The SMILES string of the molecule is CN(Cc1ccccc1OCc1cccc(CC(=O)O)c1)C(=O)c1ccc(-c2ccco2)cc1. The zero-order valence-corrected chi connectivity index (χ0v) is 18.8. The normalized spacial score (nSPS) is 10.6. The molecule has 0 aliphatic carbocycles. The Morgan fingerprint density at radius 3 is 2.41 bits per heavy atom. The van der Waals surface area contributed by atoms with Gasteiger partial charge in [0.25, 0.3) is 5.91 Å². The van der Waals surface area contributed by atoms with Crippen LogP contribution in [-0.4, -0.2) is 28.9 Å². The summed E-state index contributed by atoms with van der Waals surface area (Å²) in [4.78, 5) is 25.6. The lowest BCUT2D eigenvalue weighted by Gasteiger charge is -2.20. The Kier molecular flexibility index (Phi) is 7.08. The van der Waals surface area contributed by atoms with E-state index >= 15 is 0 Å². The third-order valence-corrected chi connectivity index (χ3v) is 5.41. The van der Waals surface area contributed by atoms with Crippen molar-refractivity contribution in [2.24, 2.45) is 0 Å². The van der Waals surface area contributed by atoms with Gasteiger partial charge in [0.05, 0.1) is 12.7 Å². The van der Waals surface area contributed by atoms with Crippen LogP contribution in [0.1, 0.15) is 27.0 Å². The Morgan fingerprint density at radius 2 is 1.68 bits per heavy atom. The lowest BCUT2D eigenvalue weighted by Crippen LogP contribution is -2.26. The topological polar surface area (TPSA) is 80.0 Å². The molecule has 6 heteroatoms. The van der Waals surface area contributed by atoms with Crippen LogP contribution in [0.5, 0.6) is 5.75 Å². The summed E-state index contributed by atoms with van der Waals surface area (Å²) in [5, 5.41) is 9.00. The summed E-state index contributed by atoms with van der Waals surface area (Å²) < 4.78 is 11.4. The monoisotopic (exact) mass is 455 g/mol. The van der Waals surface area contributed by atoms with Gasteiger partial charge in [0, 0.05) is 30.3 Å². The second kappa shape index (κ2) is 10.5. The summed E-state index contributed by atoms with van der Waals surface area (Å²) in [5.41, 5.74) is 3.99. The summed E-state index contributed by atoms with van der Waals surface area (Å²) in [5.74, 6) is 0.472. The molecule has 6 nitrogen and oxygen atoms in total. The number of nitrogens with zero attached hydrogens (tertiary/aromatic N) is 1. The molecule has 0 spiro atoms. The third kappa shape index (κ3) is 5.72. The highest BCUT2D eigenvalue weighted by molar-refractivity contribution is 5.94. The van der Waals surface area contributed by atoms with Gasteiger partial charge < -0.3 is 19.2 Å². The van der Waals surface area contributed by atoms with Crippen LogP contribution >= 0.6 is 0 Å². The molecule has 172 valence electrons. The molecular weight excluding hydrogens is 430 g/mol. The van der Waals surface area contributed by atoms with Crippen molar-refractivity contribution >= 4 is 11.9 Å². The Balaban J connectivity index is 1.41. The van der Waals surface area contributed by atoms with Crippen LogP contribution in [0.3, 0.4) is 0 Å². The predicted molar refractivity (Wildman–Crippen MR) is 128 cm³/mol. The van der Waals surface area contributed by atoms with Gasteiger partial charge >= 0.3 is 5.97 Å². The number of carboxylic acid groups (broad SMARTS) is 1. The average molecular weight is 456 g/mol. The number of aliphatic carboxylic acids is 1. The van der Waals surface area contributed by atoms with Gasteiger partial charge in [-0.1, -0.05) is 54.6 Å². The van der Waals surface area contributed by atoms with Gasteiger partial charge in [-0.25, -0.2) is 0 Å². The average Bonchev–Trinajstić information content (AvgIpc) is 3.38. The van der Waals surface area contributed by atoms with E-state index in [9.17, 15) is 9.59 Å². The first-order chi connectivity index (χ1) is 16.5. The van der Waals surface area contributed by atoms with Gasteiger partial charge in [0.15, 0.2) is 0 Å². The van der Waals surface area contributed by atoms with Crippen molar-refractivity contribution < 1.29 is 23.8 Å². The molecule has 1 heterocycles. The Morgan fingerprint density at radius 1 is 0.912 bits per heavy atom. The zero-order valence-electron chi connectivity index (χ0n) is 18.8. The fourth-order valence-corrected chi connectivity index (χ4v) is 3.71. The van der Waals surface area contributed by atoms with Crippen LogP contribution in [0, 0.1) is 0 Å². The number of rotatable bonds is 9. The van der Waals surface area contributed by atoms with Crippen LogP contribution < -0.4 is 4.74 Å². The molecular formula is C28H25NO5. The van der Waals surface area contributed by atoms with Gasteiger partial charge in [0.1, 0.15) is 18.1 Å². The molecule has 0 atom stereocenters. The lowest BCUT2D eigenvalue weighted by molar-refractivity contribution is -0.136. The van der Waals surface area contributed by atoms with Crippen molar-refractivity contribution in [3.63, 3.8) is 0 Å². The summed E-state index contributed by atoms with van der Waals surface area (Å²) in [7, 11) is 1.76. The van der Waals surface area contributed by atoms with Crippen molar-refractivity contribution in [3.8, 4) is 17.1 Å². The van der Waals surface area contributed by atoms with Crippen LogP contribution in [0.4, 0.5) is 0 Å². The molecule has 3 aromatic carbocycles. The van der Waals surface area contributed by atoms with Crippen LogP contribution in [-0.2, 0) is 24.4 Å². The van der Waals surface area contributed by atoms with Gasteiger partial charge in [-0.3, -0.25) is 9.59 Å². The molecule has 1 aromatic heterocycles. The Bertz CT molecular complexity index is 1260. The van der Waals surface area contributed by atoms with E-state index in [0.717, 1.165) is 28.0 Å².